The van der Waals surface area contributed by atoms with Crippen molar-refractivity contribution in [2.45, 2.75) is 31.4 Å². The Labute approximate surface area is 139 Å². The molecule has 2 aliphatic heterocycles. The summed E-state index contributed by atoms with van der Waals surface area (Å²) < 4.78 is 5.78. The summed E-state index contributed by atoms with van der Waals surface area (Å²) in [6.07, 6.45) is 6.95. The summed E-state index contributed by atoms with van der Waals surface area (Å²) in [7, 11) is 0. The number of rotatable bonds is 4. The molecule has 5 nitrogen and oxygen atoms in total. The summed E-state index contributed by atoms with van der Waals surface area (Å²) >= 11 is 1.93. The number of aromatic amines is 1. The Morgan fingerprint density at radius 1 is 1.48 bits per heavy atom. The van der Waals surface area contributed by atoms with Gasteiger partial charge in [0.15, 0.2) is 0 Å². The van der Waals surface area contributed by atoms with E-state index in [-0.39, 0.29) is 12.0 Å². The number of nitrogens with one attached hydrogen (secondary N) is 1. The second-order valence-electron chi connectivity index (χ2n) is 6.21. The van der Waals surface area contributed by atoms with Crippen LogP contribution >= 0.6 is 11.8 Å². The average molecular weight is 331 g/mol. The van der Waals surface area contributed by atoms with Gasteiger partial charge in [0.25, 0.3) is 5.91 Å². The number of amides is 1. The maximum Gasteiger partial charge on any atom is 0.256 e. The lowest BCUT2D eigenvalue weighted by Crippen LogP contribution is -2.44. The largest absolute Gasteiger partial charge is 0.376 e. The number of hydrogen-bond donors (Lipinski definition) is 1. The zero-order valence-corrected chi connectivity index (χ0v) is 13.8. The van der Waals surface area contributed by atoms with Crippen LogP contribution < -0.4 is 0 Å². The van der Waals surface area contributed by atoms with Crippen LogP contribution in [-0.2, 0) is 4.74 Å². The van der Waals surface area contributed by atoms with Crippen LogP contribution in [0.25, 0.3) is 11.0 Å². The monoisotopic (exact) mass is 331 g/mol. The molecule has 0 radical (unpaired) electrons. The number of pyridine rings is 1. The van der Waals surface area contributed by atoms with Crippen molar-refractivity contribution in [3.05, 3.63) is 30.1 Å². The fraction of sp³-hybridized carbons (Fsp3) is 0.529. The number of fused-ring (bicyclic) bond motifs is 1. The van der Waals surface area contributed by atoms with Gasteiger partial charge in [0.05, 0.1) is 11.7 Å². The maximum atomic E-state index is 13.2. The van der Waals surface area contributed by atoms with Crippen molar-refractivity contribution >= 4 is 28.7 Å². The molecule has 1 N–H and O–H groups in total. The first-order valence-corrected chi connectivity index (χ1v) is 9.41. The maximum absolute atomic E-state index is 13.2. The highest BCUT2D eigenvalue weighted by Crippen LogP contribution is 2.27. The predicted molar refractivity (Wildman–Crippen MR) is 91.8 cm³/mol. The molecule has 0 aliphatic carbocycles. The number of H-pyrrole nitrogens is 1. The Morgan fingerprint density at radius 3 is 3.22 bits per heavy atom. The van der Waals surface area contributed by atoms with Crippen molar-refractivity contribution in [1.29, 1.82) is 0 Å². The minimum atomic E-state index is 0.104. The van der Waals surface area contributed by atoms with Gasteiger partial charge in [-0.15, -0.1) is 0 Å². The lowest BCUT2D eigenvalue weighted by Gasteiger charge is -2.30. The van der Waals surface area contributed by atoms with E-state index in [1.165, 1.54) is 0 Å². The quantitative estimate of drug-likeness (QED) is 0.936. The van der Waals surface area contributed by atoms with Crippen molar-refractivity contribution in [3.63, 3.8) is 0 Å². The van der Waals surface area contributed by atoms with Crippen molar-refractivity contribution in [2.24, 2.45) is 0 Å². The molecule has 2 saturated heterocycles. The smallest absolute Gasteiger partial charge is 0.256 e. The summed E-state index contributed by atoms with van der Waals surface area (Å²) in [4.78, 5) is 22.7. The lowest BCUT2D eigenvalue weighted by molar-refractivity contribution is 0.0443. The van der Waals surface area contributed by atoms with Crippen molar-refractivity contribution < 1.29 is 9.53 Å². The molecule has 2 fully saturated rings. The van der Waals surface area contributed by atoms with Crippen LogP contribution in [0.4, 0.5) is 0 Å². The van der Waals surface area contributed by atoms with Gasteiger partial charge in [0.2, 0.25) is 0 Å². The molecule has 4 rings (SSSR count). The minimum absolute atomic E-state index is 0.104. The van der Waals surface area contributed by atoms with Gasteiger partial charge >= 0.3 is 0 Å². The SMILES string of the molecule is O=C(c1c[nH]c2ncccc12)N(C[C@@H]1CCCO1)[C@@H]1CCSC1. The molecule has 23 heavy (non-hydrogen) atoms. The van der Waals surface area contributed by atoms with E-state index in [4.69, 9.17) is 4.74 Å². The molecule has 2 atom stereocenters. The number of aromatic nitrogens is 2. The van der Waals surface area contributed by atoms with Crippen molar-refractivity contribution in [3.8, 4) is 0 Å². The van der Waals surface area contributed by atoms with E-state index >= 15 is 0 Å². The van der Waals surface area contributed by atoms with Crippen LogP contribution in [0.1, 0.15) is 29.6 Å². The Hall–Kier alpha value is -1.53. The predicted octanol–water partition coefficient (Wildman–Crippen LogP) is 2.69. The molecule has 0 spiro atoms. The van der Waals surface area contributed by atoms with Crippen LogP contribution in [0.2, 0.25) is 0 Å². The highest BCUT2D eigenvalue weighted by atomic mass is 32.2. The highest BCUT2D eigenvalue weighted by Gasteiger charge is 2.32. The number of carbonyl (C=O) groups excluding carboxylic acids is 1. The third-order valence-electron chi connectivity index (χ3n) is 4.71. The van der Waals surface area contributed by atoms with Crippen LogP contribution in [-0.4, -0.2) is 57.6 Å². The van der Waals surface area contributed by atoms with E-state index in [1.807, 2.05) is 28.8 Å². The van der Waals surface area contributed by atoms with Gasteiger partial charge in [-0.2, -0.15) is 11.8 Å². The minimum Gasteiger partial charge on any atom is -0.376 e. The standard InChI is InChI=1S/C17H21N3O2S/c21-17(15-9-19-16-14(15)4-1-6-18-16)20(12-5-8-23-11-12)10-13-3-2-7-22-13/h1,4,6,9,12-13H,2-3,5,7-8,10-11H2,(H,18,19)/t12-,13+/m1/s1. The summed E-state index contributed by atoms with van der Waals surface area (Å²) in [5.74, 6) is 2.27. The molecular formula is C17H21N3O2S. The summed E-state index contributed by atoms with van der Waals surface area (Å²) in [6.45, 7) is 1.53. The van der Waals surface area contributed by atoms with Gasteiger partial charge in [0, 0.05) is 42.7 Å². The number of thioether (sulfide) groups is 1. The van der Waals surface area contributed by atoms with Gasteiger partial charge < -0.3 is 14.6 Å². The van der Waals surface area contributed by atoms with Gasteiger partial charge in [-0.05, 0) is 37.1 Å². The van der Waals surface area contributed by atoms with E-state index in [9.17, 15) is 4.79 Å². The van der Waals surface area contributed by atoms with E-state index < -0.39 is 0 Å². The molecular weight excluding hydrogens is 310 g/mol. The molecule has 0 bridgehead atoms. The van der Waals surface area contributed by atoms with Crippen LogP contribution in [0.5, 0.6) is 0 Å². The van der Waals surface area contributed by atoms with Gasteiger partial charge in [-0.25, -0.2) is 4.98 Å². The Balaban J connectivity index is 1.62. The number of hydrogen-bond acceptors (Lipinski definition) is 4. The number of ether oxygens (including phenoxy) is 1. The molecule has 0 unspecified atom stereocenters. The summed E-state index contributed by atoms with van der Waals surface area (Å²) in [5, 5.41) is 0.903. The van der Waals surface area contributed by atoms with Gasteiger partial charge in [-0.1, -0.05) is 0 Å². The highest BCUT2D eigenvalue weighted by molar-refractivity contribution is 7.99. The van der Waals surface area contributed by atoms with Gasteiger partial charge in [0.1, 0.15) is 5.65 Å². The van der Waals surface area contributed by atoms with E-state index in [0.717, 1.165) is 54.0 Å². The number of carbonyl (C=O) groups is 1. The topological polar surface area (TPSA) is 58.2 Å². The molecule has 4 heterocycles. The summed E-state index contributed by atoms with van der Waals surface area (Å²) in [5.41, 5.74) is 1.50. The zero-order chi connectivity index (χ0) is 15.6. The second-order valence-corrected chi connectivity index (χ2v) is 7.36. The van der Waals surface area contributed by atoms with Crippen molar-refractivity contribution in [1.82, 2.24) is 14.9 Å². The normalized spacial score (nSPS) is 24.3. The molecule has 2 aromatic rings. The molecule has 0 aromatic carbocycles. The number of nitrogens with zero attached hydrogens (tertiary/aromatic N) is 2. The Morgan fingerprint density at radius 2 is 2.43 bits per heavy atom. The third kappa shape index (κ3) is 2.97. The molecule has 2 aliphatic rings. The first kappa shape index (κ1) is 15.0. The summed E-state index contributed by atoms with van der Waals surface area (Å²) in [6, 6.07) is 4.15. The van der Waals surface area contributed by atoms with E-state index in [2.05, 4.69) is 9.97 Å². The van der Waals surface area contributed by atoms with E-state index in [1.54, 1.807) is 12.4 Å². The van der Waals surface area contributed by atoms with E-state index in [0.29, 0.717) is 12.6 Å². The zero-order valence-electron chi connectivity index (χ0n) is 13.0. The fourth-order valence-corrected chi connectivity index (χ4v) is 4.69. The second kappa shape index (κ2) is 6.53. The first-order valence-electron chi connectivity index (χ1n) is 8.25. The lowest BCUT2D eigenvalue weighted by atomic mass is 10.1. The molecule has 6 heteroatoms. The fourth-order valence-electron chi connectivity index (χ4n) is 3.46. The van der Waals surface area contributed by atoms with Gasteiger partial charge in [-0.3, -0.25) is 4.79 Å². The molecule has 1 amide bonds. The molecule has 0 saturated carbocycles. The first-order chi connectivity index (χ1) is 11.3. The average Bonchev–Trinajstić information content (AvgIpc) is 3.32. The molecule has 122 valence electrons. The van der Waals surface area contributed by atoms with Crippen LogP contribution in [0.3, 0.4) is 0 Å². The Bertz CT molecular complexity index is 690. The van der Waals surface area contributed by atoms with Crippen molar-refractivity contribution in [2.75, 3.05) is 24.7 Å². The Kier molecular flexibility index (Phi) is 4.27. The third-order valence-corrected chi connectivity index (χ3v) is 5.86. The molecule has 2 aromatic heterocycles. The van der Waals surface area contributed by atoms with Crippen LogP contribution in [0.15, 0.2) is 24.5 Å². The van der Waals surface area contributed by atoms with Crippen LogP contribution in [0, 0.1) is 0 Å².